The van der Waals surface area contributed by atoms with Gasteiger partial charge >= 0.3 is 0 Å². The minimum Gasteiger partial charge on any atom is -0.252 e. The maximum Gasteiger partial charge on any atom is 0.0819 e. The van der Waals surface area contributed by atoms with Crippen LogP contribution in [0.15, 0.2) is 12.2 Å². The highest BCUT2D eigenvalue weighted by atomic mass is 17.1. The van der Waals surface area contributed by atoms with Crippen LogP contribution in [-0.2, 0) is 4.89 Å². The molecule has 0 aliphatic carbocycles. The lowest BCUT2D eigenvalue weighted by Crippen LogP contribution is -1.88. The Kier molecular flexibility index (Phi) is 11.4. The summed E-state index contributed by atoms with van der Waals surface area (Å²) in [5.41, 5.74) is 0. The van der Waals surface area contributed by atoms with E-state index in [1.807, 2.05) is 0 Å². The third kappa shape index (κ3) is 11.7. The second-order valence-electron chi connectivity index (χ2n) is 3.31. The molecule has 0 aliphatic rings. The van der Waals surface area contributed by atoms with E-state index >= 15 is 0 Å². The van der Waals surface area contributed by atoms with Crippen molar-refractivity contribution in [2.24, 2.45) is 0 Å². The monoisotopic (exact) mass is 186 g/mol. The Hall–Kier alpha value is -0.340. The van der Waals surface area contributed by atoms with Crippen LogP contribution in [0.5, 0.6) is 0 Å². The number of unbranched alkanes of at least 4 members (excludes halogenated alkanes) is 6. The van der Waals surface area contributed by atoms with Crippen molar-refractivity contribution in [3.63, 3.8) is 0 Å². The molecular weight excluding hydrogens is 164 g/mol. The summed E-state index contributed by atoms with van der Waals surface area (Å²) in [7, 11) is 0. The Balaban J connectivity index is 2.83. The lowest BCUT2D eigenvalue weighted by atomic mass is 10.1. The van der Waals surface area contributed by atoms with Gasteiger partial charge in [0.1, 0.15) is 0 Å². The van der Waals surface area contributed by atoms with E-state index in [0.717, 1.165) is 6.42 Å². The van der Waals surface area contributed by atoms with Gasteiger partial charge in [0, 0.05) is 0 Å². The molecule has 0 radical (unpaired) electrons. The summed E-state index contributed by atoms with van der Waals surface area (Å²) in [5.74, 6) is 0. The summed E-state index contributed by atoms with van der Waals surface area (Å²) in [6.45, 7) is 2.55. The van der Waals surface area contributed by atoms with Gasteiger partial charge in [-0.05, 0) is 26.2 Å². The van der Waals surface area contributed by atoms with Crippen LogP contribution in [0.2, 0.25) is 0 Å². The molecule has 0 aromatic rings. The normalized spacial score (nSPS) is 11.2. The molecule has 0 saturated heterocycles. The van der Waals surface area contributed by atoms with Gasteiger partial charge in [-0.2, -0.15) is 0 Å². The summed E-state index contributed by atoms with van der Waals surface area (Å²) in [4.78, 5) is 3.99. The molecule has 78 valence electrons. The topological polar surface area (TPSA) is 29.5 Å². The maximum absolute atomic E-state index is 8.06. The van der Waals surface area contributed by atoms with Gasteiger partial charge < -0.3 is 0 Å². The molecule has 13 heavy (non-hydrogen) atoms. The van der Waals surface area contributed by atoms with Crippen LogP contribution < -0.4 is 0 Å². The molecule has 0 atom stereocenters. The van der Waals surface area contributed by atoms with Crippen LogP contribution in [0.1, 0.15) is 51.9 Å². The van der Waals surface area contributed by atoms with Gasteiger partial charge in [0.2, 0.25) is 0 Å². The fourth-order valence-electron chi connectivity index (χ4n) is 1.30. The van der Waals surface area contributed by atoms with Crippen molar-refractivity contribution in [1.82, 2.24) is 0 Å². The van der Waals surface area contributed by atoms with Crippen molar-refractivity contribution in [3.05, 3.63) is 12.2 Å². The maximum atomic E-state index is 8.06. The van der Waals surface area contributed by atoms with E-state index in [0.29, 0.717) is 6.61 Å². The summed E-state index contributed by atoms with van der Waals surface area (Å²) in [6.07, 6.45) is 12.9. The molecule has 0 fully saturated rings. The van der Waals surface area contributed by atoms with E-state index in [4.69, 9.17) is 5.26 Å². The zero-order valence-electron chi connectivity index (χ0n) is 8.67. The first-order valence-corrected chi connectivity index (χ1v) is 5.29. The predicted octanol–water partition coefficient (Wildman–Crippen LogP) is 3.78. The van der Waals surface area contributed by atoms with E-state index in [2.05, 4.69) is 24.0 Å². The molecule has 2 nitrogen and oxygen atoms in total. The lowest BCUT2D eigenvalue weighted by Gasteiger charge is -1.99. The first-order valence-electron chi connectivity index (χ1n) is 5.29. The van der Waals surface area contributed by atoms with Crippen LogP contribution in [0, 0.1) is 0 Å². The Morgan fingerprint density at radius 3 is 2.23 bits per heavy atom. The SMILES string of the molecule is CC=CCCCCCCCCOO. The van der Waals surface area contributed by atoms with Crippen molar-refractivity contribution in [2.45, 2.75) is 51.9 Å². The van der Waals surface area contributed by atoms with Crippen LogP contribution in [0.3, 0.4) is 0 Å². The van der Waals surface area contributed by atoms with E-state index in [1.165, 1.54) is 38.5 Å². The van der Waals surface area contributed by atoms with Crippen molar-refractivity contribution >= 4 is 0 Å². The molecule has 2 heteroatoms. The van der Waals surface area contributed by atoms with Crippen molar-refractivity contribution in [3.8, 4) is 0 Å². The highest BCUT2D eigenvalue weighted by Gasteiger charge is 1.90. The van der Waals surface area contributed by atoms with E-state index in [-0.39, 0.29) is 0 Å². The predicted molar refractivity (Wildman–Crippen MR) is 55.7 cm³/mol. The first kappa shape index (κ1) is 12.7. The molecule has 1 N–H and O–H groups in total. The number of rotatable bonds is 9. The summed E-state index contributed by atoms with van der Waals surface area (Å²) < 4.78 is 0. The minimum atomic E-state index is 0.485. The highest BCUT2D eigenvalue weighted by Crippen LogP contribution is 2.07. The largest absolute Gasteiger partial charge is 0.252 e. The van der Waals surface area contributed by atoms with E-state index < -0.39 is 0 Å². The van der Waals surface area contributed by atoms with Gasteiger partial charge in [0.15, 0.2) is 0 Å². The van der Waals surface area contributed by atoms with Crippen molar-refractivity contribution in [2.75, 3.05) is 6.61 Å². The molecule has 0 aromatic carbocycles. The Bertz CT molecular complexity index is 111. The molecule has 0 rings (SSSR count). The molecule has 0 spiro atoms. The second-order valence-corrected chi connectivity index (χ2v) is 3.31. The molecule has 0 aromatic heterocycles. The molecule has 0 saturated carbocycles. The molecule has 0 bridgehead atoms. The van der Waals surface area contributed by atoms with Crippen LogP contribution in [-0.4, -0.2) is 11.9 Å². The third-order valence-electron chi connectivity index (χ3n) is 2.09. The number of hydrogen-bond acceptors (Lipinski definition) is 2. The quantitative estimate of drug-likeness (QED) is 0.257. The Morgan fingerprint density at radius 2 is 1.62 bits per heavy atom. The van der Waals surface area contributed by atoms with Gasteiger partial charge in [-0.1, -0.05) is 37.8 Å². The first-order chi connectivity index (χ1) is 6.41. The second kappa shape index (κ2) is 11.7. The summed E-state index contributed by atoms with van der Waals surface area (Å²) in [5, 5.41) is 8.06. The fourth-order valence-corrected chi connectivity index (χ4v) is 1.30. The van der Waals surface area contributed by atoms with Gasteiger partial charge in [-0.15, -0.1) is 0 Å². The molecular formula is C11H22O2. The molecule has 0 aliphatic heterocycles. The zero-order chi connectivity index (χ0) is 9.78. The van der Waals surface area contributed by atoms with Crippen LogP contribution in [0.25, 0.3) is 0 Å². The van der Waals surface area contributed by atoms with Gasteiger partial charge in [0.05, 0.1) is 6.61 Å². The molecule has 0 amide bonds. The number of hydrogen-bond donors (Lipinski definition) is 1. The average Bonchev–Trinajstić information content (AvgIpc) is 2.16. The average molecular weight is 186 g/mol. The van der Waals surface area contributed by atoms with Crippen molar-refractivity contribution in [1.29, 1.82) is 0 Å². The molecule has 0 unspecified atom stereocenters. The van der Waals surface area contributed by atoms with Crippen molar-refractivity contribution < 1.29 is 10.1 Å². The smallest absolute Gasteiger partial charge is 0.0819 e. The lowest BCUT2D eigenvalue weighted by molar-refractivity contribution is -0.242. The van der Waals surface area contributed by atoms with Crippen LogP contribution in [0.4, 0.5) is 0 Å². The van der Waals surface area contributed by atoms with Crippen LogP contribution >= 0.6 is 0 Å². The zero-order valence-corrected chi connectivity index (χ0v) is 8.67. The molecule has 0 heterocycles. The van der Waals surface area contributed by atoms with Gasteiger partial charge in [-0.3, -0.25) is 5.26 Å². The fraction of sp³-hybridized carbons (Fsp3) is 0.818. The number of allylic oxidation sites excluding steroid dienone is 2. The Labute approximate surface area is 81.5 Å². The van der Waals surface area contributed by atoms with E-state index in [9.17, 15) is 0 Å². The summed E-state index contributed by atoms with van der Waals surface area (Å²) in [6, 6.07) is 0. The van der Waals surface area contributed by atoms with Gasteiger partial charge in [-0.25, -0.2) is 4.89 Å². The third-order valence-corrected chi connectivity index (χ3v) is 2.09. The van der Waals surface area contributed by atoms with Gasteiger partial charge in [0.25, 0.3) is 0 Å². The standard InChI is InChI=1S/C11H22O2/c1-2-3-4-5-6-7-8-9-10-11-13-12/h2-3,12H,4-11H2,1H3. The Morgan fingerprint density at radius 1 is 1.00 bits per heavy atom. The van der Waals surface area contributed by atoms with E-state index in [1.54, 1.807) is 0 Å². The minimum absolute atomic E-state index is 0.485. The highest BCUT2D eigenvalue weighted by molar-refractivity contribution is 4.76. The summed E-state index contributed by atoms with van der Waals surface area (Å²) >= 11 is 0.